The van der Waals surface area contributed by atoms with E-state index in [4.69, 9.17) is 0 Å². The summed E-state index contributed by atoms with van der Waals surface area (Å²) in [4.78, 5) is 5.41. The van der Waals surface area contributed by atoms with Crippen molar-refractivity contribution in [1.82, 2.24) is 15.1 Å². The lowest BCUT2D eigenvalue weighted by atomic mass is 9.94. The first-order chi connectivity index (χ1) is 10.4. The van der Waals surface area contributed by atoms with Gasteiger partial charge < -0.3 is 5.32 Å². The van der Waals surface area contributed by atoms with Crippen LogP contribution in [0.5, 0.6) is 0 Å². The van der Waals surface area contributed by atoms with Gasteiger partial charge in [-0.3, -0.25) is 9.80 Å². The van der Waals surface area contributed by atoms with Crippen molar-refractivity contribution in [2.45, 2.75) is 37.9 Å². The second-order valence-electron chi connectivity index (χ2n) is 7.08. The van der Waals surface area contributed by atoms with Crippen molar-refractivity contribution in [2.75, 3.05) is 32.7 Å². The van der Waals surface area contributed by atoms with Crippen molar-refractivity contribution in [3.8, 4) is 0 Å². The fraction of sp³-hybridized carbons (Fsp3) is 0.667. The first-order valence-electron chi connectivity index (χ1n) is 8.62. The average Bonchev–Trinajstić information content (AvgIpc) is 3.14. The zero-order valence-electron chi connectivity index (χ0n) is 12.9. The van der Waals surface area contributed by atoms with Crippen LogP contribution in [0.15, 0.2) is 30.3 Å². The zero-order chi connectivity index (χ0) is 14.1. The van der Waals surface area contributed by atoms with Gasteiger partial charge in [0.25, 0.3) is 0 Å². The molecule has 3 aliphatic heterocycles. The Labute approximate surface area is 128 Å². The molecule has 3 saturated heterocycles. The lowest BCUT2D eigenvalue weighted by Gasteiger charge is -2.25. The van der Waals surface area contributed by atoms with E-state index in [1.807, 2.05) is 0 Å². The van der Waals surface area contributed by atoms with Crippen LogP contribution >= 0.6 is 0 Å². The first-order valence-corrected chi connectivity index (χ1v) is 8.62. The van der Waals surface area contributed by atoms with Gasteiger partial charge in [0.2, 0.25) is 0 Å². The monoisotopic (exact) mass is 285 g/mol. The number of benzene rings is 1. The van der Waals surface area contributed by atoms with E-state index < -0.39 is 0 Å². The molecule has 0 aromatic heterocycles. The molecule has 1 unspecified atom stereocenters. The number of hydrogen-bond acceptors (Lipinski definition) is 3. The van der Waals surface area contributed by atoms with Crippen LogP contribution in [0.3, 0.4) is 0 Å². The van der Waals surface area contributed by atoms with E-state index in [0.717, 1.165) is 24.5 Å². The van der Waals surface area contributed by atoms with Gasteiger partial charge in [0.1, 0.15) is 0 Å². The highest BCUT2D eigenvalue weighted by Crippen LogP contribution is 2.29. The van der Waals surface area contributed by atoms with Gasteiger partial charge in [-0.2, -0.15) is 0 Å². The van der Waals surface area contributed by atoms with Crippen molar-refractivity contribution in [2.24, 2.45) is 5.92 Å². The molecule has 1 N–H and O–H groups in total. The molecule has 1 aromatic carbocycles. The molecule has 3 nitrogen and oxygen atoms in total. The topological polar surface area (TPSA) is 18.5 Å². The minimum absolute atomic E-state index is 0.780. The van der Waals surface area contributed by atoms with Gasteiger partial charge in [-0.1, -0.05) is 30.3 Å². The fourth-order valence-corrected chi connectivity index (χ4v) is 4.47. The third-order valence-electron chi connectivity index (χ3n) is 5.64. The van der Waals surface area contributed by atoms with Gasteiger partial charge in [0, 0.05) is 44.8 Å². The Balaban J connectivity index is 1.32. The van der Waals surface area contributed by atoms with Gasteiger partial charge in [0.05, 0.1) is 0 Å². The quantitative estimate of drug-likeness (QED) is 0.916. The average molecular weight is 285 g/mol. The van der Waals surface area contributed by atoms with Crippen molar-refractivity contribution in [3.63, 3.8) is 0 Å². The molecular formula is C18H27N3. The van der Waals surface area contributed by atoms with Crippen molar-refractivity contribution in [1.29, 1.82) is 0 Å². The third kappa shape index (κ3) is 3.01. The summed E-state index contributed by atoms with van der Waals surface area (Å²) in [7, 11) is 0. The van der Waals surface area contributed by atoms with Crippen LogP contribution in [0.1, 0.15) is 24.8 Å². The highest BCUT2D eigenvalue weighted by atomic mass is 15.3. The molecule has 4 rings (SSSR count). The predicted octanol–water partition coefficient (Wildman–Crippen LogP) is 1.94. The summed E-state index contributed by atoms with van der Waals surface area (Å²) in [5, 5.41) is 3.73. The maximum Gasteiger partial charge on any atom is 0.0236 e. The molecule has 3 fully saturated rings. The van der Waals surface area contributed by atoms with E-state index in [1.165, 1.54) is 57.5 Å². The van der Waals surface area contributed by atoms with Crippen LogP contribution < -0.4 is 5.32 Å². The Morgan fingerprint density at radius 2 is 1.95 bits per heavy atom. The van der Waals surface area contributed by atoms with Gasteiger partial charge in [-0.15, -0.1) is 0 Å². The molecule has 3 aliphatic rings. The van der Waals surface area contributed by atoms with Crippen molar-refractivity contribution in [3.05, 3.63) is 35.9 Å². The highest BCUT2D eigenvalue weighted by molar-refractivity contribution is 5.14. The smallest absolute Gasteiger partial charge is 0.0236 e. The molecule has 0 radical (unpaired) electrons. The number of nitrogens with one attached hydrogen (secondary N) is 1. The SMILES string of the molecule is c1ccc(CN2CCC(N3C[C@@H]4CCCN[C@@H]4C3)C2)cc1. The number of likely N-dealkylation sites (tertiary alicyclic amines) is 2. The highest BCUT2D eigenvalue weighted by Gasteiger charge is 2.38. The molecule has 0 aliphatic carbocycles. The van der Waals surface area contributed by atoms with Crippen LogP contribution in [-0.2, 0) is 6.54 Å². The van der Waals surface area contributed by atoms with Crippen LogP contribution in [0.2, 0.25) is 0 Å². The summed E-state index contributed by atoms with van der Waals surface area (Å²) in [6.07, 6.45) is 4.17. The molecule has 0 spiro atoms. The molecule has 0 amide bonds. The predicted molar refractivity (Wildman–Crippen MR) is 86.2 cm³/mol. The first kappa shape index (κ1) is 13.7. The lowest BCUT2D eigenvalue weighted by molar-refractivity contribution is 0.221. The number of piperidine rings is 1. The Hall–Kier alpha value is -0.900. The Morgan fingerprint density at radius 1 is 1.05 bits per heavy atom. The van der Waals surface area contributed by atoms with Crippen LogP contribution in [0.4, 0.5) is 0 Å². The standard InChI is InChI=1S/C18H27N3/c1-2-5-15(6-3-1)11-20-10-8-17(13-20)21-12-16-7-4-9-19-18(16)14-21/h1-3,5-6,16-19H,4,7-14H2/t16-,17?,18+/m0/s1. The van der Waals surface area contributed by atoms with E-state index in [9.17, 15) is 0 Å². The third-order valence-corrected chi connectivity index (χ3v) is 5.64. The minimum Gasteiger partial charge on any atom is -0.312 e. The summed E-state index contributed by atoms with van der Waals surface area (Å²) < 4.78 is 0. The Morgan fingerprint density at radius 3 is 2.81 bits per heavy atom. The fourth-order valence-electron chi connectivity index (χ4n) is 4.47. The molecule has 21 heavy (non-hydrogen) atoms. The zero-order valence-corrected chi connectivity index (χ0v) is 12.9. The van der Waals surface area contributed by atoms with E-state index in [0.29, 0.717) is 0 Å². The minimum atomic E-state index is 0.780. The largest absolute Gasteiger partial charge is 0.312 e. The molecule has 1 aromatic rings. The number of hydrogen-bond donors (Lipinski definition) is 1. The van der Waals surface area contributed by atoms with E-state index in [-0.39, 0.29) is 0 Å². The summed E-state index contributed by atoms with van der Waals surface area (Å²) in [5.41, 5.74) is 1.45. The van der Waals surface area contributed by atoms with Gasteiger partial charge in [-0.25, -0.2) is 0 Å². The summed E-state index contributed by atoms with van der Waals surface area (Å²) >= 11 is 0. The van der Waals surface area contributed by atoms with Crippen molar-refractivity contribution >= 4 is 0 Å². The normalized spacial score (nSPS) is 34.2. The summed E-state index contributed by atoms with van der Waals surface area (Å²) in [6.45, 7) is 7.50. The van der Waals surface area contributed by atoms with Gasteiger partial charge in [-0.05, 0) is 37.3 Å². The second-order valence-corrected chi connectivity index (χ2v) is 7.08. The second kappa shape index (κ2) is 6.07. The van der Waals surface area contributed by atoms with Gasteiger partial charge in [0.15, 0.2) is 0 Å². The maximum atomic E-state index is 3.73. The lowest BCUT2D eigenvalue weighted by Crippen LogP contribution is -2.41. The molecule has 3 heterocycles. The summed E-state index contributed by atoms with van der Waals surface area (Å²) in [6, 6.07) is 12.5. The Bertz CT molecular complexity index is 447. The maximum absolute atomic E-state index is 3.73. The molecule has 0 bridgehead atoms. The molecule has 3 atom stereocenters. The molecular weight excluding hydrogens is 258 g/mol. The molecule has 3 heteroatoms. The molecule has 0 saturated carbocycles. The summed E-state index contributed by atoms with van der Waals surface area (Å²) in [5.74, 6) is 0.918. The number of rotatable bonds is 3. The molecule has 114 valence electrons. The van der Waals surface area contributed by atoms with E-state index in [2.05, 4.69) is 45.4 Å². The van der Waals surface area contributed by atoms with Crippen molar-refractivity contribution < 1.29 is 0 Å². The number of nitrogens with zero attached hydrogens (tertiary/aromatic N) is 2. The van der Waals surface area contributed by atoms with E-state index >= 15 is 0 Å². The van der Waals surface area contributed by atoms with Crippen LogP contribution in [-0.4, -0.2) is 54.6 Å². The van der Waals surface area contributed by atoms with E-state index in [1.54, 1.807) is 0 Å². The number of fused-ring (bicyclic) bond motifs is 1. The Kier molecular flexibility index (Phi) is 3.97. The van der Waals surface area contributed by atoms with Crippen LogP contribution in [0, 0.1) is 5.92 Å². The van der Waals surface area contributed by atoms with Gasteiger partial charge >= 0.3 is 0 Å². The van der Waals surface area contributed by atoms with Crippen LogP contribution in [0.25, 0.3) is 0 Å².